The second-order valence-electron chi connectivity index (χ2n) is 4.02. The van der Waals surface area contributed by atoms with Crippen molar-refractivity contribution in [3.8, 4) is 0 Å². The van der Waals surface area contributed by atoms with Crippen LogP contribution in [0.4, 0.5) is 0 Å². The summed E-state index contributed by atoms with van der Waals surface area (Å²) < 4.78 is 0. The number of nitrogens with one attached hydrogen (secondary N) is 1. The lowest BCUT2D eigenvalue weighted by Crippen LogP contribution is -2.32. The van der Waals surface area contributed by atoms with Crippen LogP contribution in [0, 0.1) is 5.41 Å². The standard InChI is InChI=1S/C9H23N3/c1-9(2,4-6-11)8-12-7-3-5-10/h12H,3-8,10-11H2,1-2H3. The first-order chi connectivity index (χ1) is 5.62. The summed E-state index contributed by atoms with van der Waals surface area (Å²) in [5, 5.41) is 3.38. The largest absolute Gasteiger partial charge is 0.330 e. The van der Waals surface area contributed by atoms with Gasteiger partial charge in [-0.25, -0.2) is 0 Å². The highest BCUT2D eigenvalue weighted by Gasteiger charge is 2.15. The number of hydrogen-bond donors (Lipinski definition) is 3. The fourth-order valence-corrected chi connectivity index (χ4v) is 1.13. The molecule has 0 aromatic heterocycles. The van der Waals surface area contributed by atoms with Gasteiger partial charge in [0, 0.05) is 6.54 Å². The molecule has 0 radical (unpaired) electrons. The summed E-state index contributed by atoms with van der Waals surface area (Å²) >= 11 is 0. The van der Waals surface area contributed by atoms with E-state index >= 15 is 0 Å². The van der Waals surface area contributed by atoms with Gasteiger partial charge in [0.25, 0.3) is 0 Å². The molecule has 0 atom stereocenters. The Morgan fingerprint density at radius 2 is 1.83 bits per heavy atom. The minimum Gasteiger partial charge on any atom is -0.330 e. The van der Waals surface area contributed by atoms with Gasteiger partial charge in [-0.05, 0) is 37.9 Å². The lowest BCUT2D eigenvalue weighted by Gasteiger charge is -2.24. The van der Waals surface area contributed by atoms with Gasteiger partial charge in [-0.15, -0.1) is 0 Å². The quantitative estimate of drug-likeness (QED) is 0.485. The van der Waals surface area contributed by atoms with Crippen LogP contribution in [0.25, 0.3) is 0 Å². The number of nitrogens with two attached hydrogens (primary N) is 2. The molecule has 0 rings (SSSR count). The molecular weight excluding hydrogens is 150 g/mol. The van der Waals surface area contributed by atoms with Crippen molar-refractivity contribution < 1.29 is 0 Å². The Balaban J connectivity index is 3.33. The Labute approximate surface area is 75.9 Å². The Hall–Kier alpha value is -0.120. The van der Waals surface area contributed by atoms with Crippen molar-refractivity contribution >= 4 is 0 Å². The van der Waals surface area contributed by atoms with E-state index in [1.54, 1.807) is 0 Å². The van der Waals surface area contributed by atoms with Crippen LogP contribution >= 0.6 is 0 Å². The molecule has 0 aliphatic rings. The molecule has 0 heterocycles. The molecule has 0 spiro atoms. The molecule has 12 heavy (non-hydrogen) atoms. The Bertz CT molecular complexity index is 102. The first kappa shape index (κ1) is 11.9. The second-order valence-corrected chi connectivity index (χ2v) is 4.02. The molecular formula is C9H23N3. The number of rotatable bonds is 7. The highest BCUT2D eigenvalue weighted by molar-refractivity contribution is 4.71. The van der Waals surface area contributed by atoms with Crippen LogP contribution in [0.5, 0.6) is 0 Å². The normalized spacial score (nSPS) is 12.0. The minimum absolute atomic E-state index is 0.323. The third-order valence-corrected chi connectivity index (χ3v) is 1.98. The van der Waals surface area contributed by atoms with Gasteiger partial charge in [-0.1, -0.05) is 13.8 Å². The monoisotopic (exact) mass is 173 g/mol. The fourth-order valence-electron chi connectivity index (χ4n) is 1.13. The van der Waals surface area contributed by atoms with Crippen molar-refractivity contribution in [1.29, 1.82) is 0 Å². The maximum Gasteiger partial charge on any atom is 0.000300 e. The first-order valence-electron chi connectivity index (χ1n) is 4.73. The molecule has 74 valence electrons. The van der Waals surface area contributed by atoms with Crippen LogP contribution in [0.15, 0.2) is 0 Å². The van der Waals surface area contributed by atoms with Crippen molar-refractivity contribution in [2.75, 3.05) is 26.2 Å². The Morgan fingerprint density at radius 3 is 2.33 bits per heavy atom. The molecule has 0 fully saturated rings. The zero-order valence-electron chi connectivity index (χ0n) is 8.40. The summed E-state index contributed by atoms with van der Waals surface area (Å²) in [5.41, 5.74) is 11.2. The Kier molecular flexibility index (Phi) is 6.34. The summed E-state index contributed by atoms with van der Waals surface area (Å²) in [5.74, 6) is 0. The van der Waals surface area contributed by atoms with Gasteiger partial charge in [0.05, 0.1) is 0 Å². The van der Waals surface area contributed by atoms with Crippen molar-refractivity contribution in [2.45, 2.75) is 26.7 Å². The maximum absolute atomic E-state index is 5.50. The van der Waals surface area contributed by atoms with Crippen LogP contribution in [-0.2, 0) is 0 Å². The Morgan fingerprint density at radius 1 is 1.17 bits per heavy atom. The second kappa shape index (κ2) is 6.40. The molecule has 0 bridgehead atoms. The average Bonchev–Trinajstić information content (AvgIpc) is 1.98. The van der Waals surface area contributed by atoms with Gasteiger partial charge < -0.3 is 16.8 Å². The summed E-state index contributed by atoms with van der Waals surface area (Å²) in [6.45, 7) is 8.05. The van der Waals surface area contributed by atoms with Gasteiger partial charge in [-0.3, -0.25) is 0 Å². The van der Waals surface area contributed by atoms with Crippen LogP contribution in [0.3, 0.4) is 0 Å². The van der Waals surface area contributed by atoms with Crippen LogP contribution in [-0.4, -0.2) is 26.2 Å². The topological polar surface area (TPSA) is 64.1 Å². The van der Waals surface area contributed by atoms with Crippen LogP contribution in [0.2, 0.25) is 0 Å². The van der Waals surface area contributed by atoms with E-state index < -0.39 is 0 Å². The van der Waals surface area contributed by atoms with E-state index in [0.29, 0.717) is 5.41 Å². The minimum atomic E-state index is 0.323. The molecule has 0 amide bonds. The molecule has 0 aromatic rings. The summed E-state index contributed by atoms with van der Waals surface area (Å²) in [7, 11) is 0. The lowest BCUT2D eigenvalue weighted by molar-refractivity contribution is 0.320. The SMILES string of the molecule is CC(C)(CCN)CNCCCN. The molecule has 0 aliphatic heterocycles. The van der Waals surface area contributed by atoms with E-state index in [1.165, 1.54) is 0 Å². The fraction of sp³-hybridized carbons (Fsp3) is 1.00. The molecule has 5 N–H and O–H groups in total. The van der Waals surface area contributed by atoms with Gasteiger partial charge in [0.2, 0.25) is 0 Å². The molecule has 0 aliphatic carbocycles. The number of hydrogen-bond acceptors (Lipinski definition) is 3. The molecule has 0 unspecified atom stereocenters. The van der Waals surface area contributed by atoms with Crippen molar-refractivity contribution in [1.82, 2.24) is 5.32 Å². The highest BCUT2D eigenvalue weighted by Crippen LogP contribution is 2.17. The van der Waals surface area contributed by atoms with E-state index in [1.807, 2.05) is 0 Å². The van der Waals surface area contributed by atoms with E-state index in [9.17, 15) is 0 Å². The molecule has 0 saturated heterocycles. The van der Waals surface area contributed by atoms with Gasteiger partial charge >= 0.3 is 0 Å². The van der Waals surface area contributed by atoms with E-state index in [4.69, 9.17) is 11.5 Å². The summed E-state index contributed by atoms with van der Waals surface area (Å²) in [6.07, 6.45) is 2.13. The van der Waals surface area contributed by atoms with Crippen molar-refractivity contribution in [3.05, 3.63) is 0 Å². The zero-order valence-corrected chi connectivity index (χ0v) is 8.40. The van der Waals surface area contributed by atoms with E-state index in [-0.39, 0.29) is 0 Å². The predicted molar refractivity (Wildman–Crippen MR) is 54.0 cm³/mol. The summed E-state index contributed by atoms with van der Waals surface area (Å²) in [6, 6.07) is 0. The zero-order chi connectivity index (χ0) is 9.45. The lowest BCUT2D eigenvalue weighted by atomic mass is 9.89. The van der Waals surface area contributed by atoms with E-state index in [2.05, 4.69) is 19.2 Å². The van der Waals surface area contributed by atoms with Crippen molar-refractivity contribution in [3.63, 3.8) is 0 Å². The average molecular weight is 173 g/mol. The summed E-state index contributed by atoms with van der Waals surface area (Å²) in [4.78, 5) is 0. The van der Waals surface area contributed by atoms with Crippen LogP contribution < -0.4 is 16.8 Å². The smallest absolute Gasteiger partial charge is 0.000300 e. The van der Waals surface area contributed by atoms with Gasteiger partial charge in [0.1, 0.15) is 0 Å². The highest BCUT2D eigenvalue weighted by atomic mass is 14.9. The molecule has 3 heteroatoms. The molecule has 3 nitrogen and oxygen atoms in total. The van der Waals surface area contributed by atoms with Crippen molar-refractivity contribution in [2.24, 2.45) is 16.9 Å². The third kappa shape index (κ3) is 6.58. The van der Waals surface area contributed by atoms with Gasteiger partial charge in [-0.2, -0.15) is 0 Å². The van der Waals surface area contributed by atoms with Gasteiger partial charge in [0.15, 0.2) is 0 Å². The molecule has 0 saturated carbocycles. The van der Waals surface area contributed by atoms with Crippen LogP contribution in [0.1, 0.15) is 26.7 Å². The van der Waals surface area contributed by atoms with E-state index in [0.717, 1.165) is 39.0 Å². The first-order valence-corrected chi connectivity index (χ1v) is 4.73. The third-order valence-electron chi connectivity index (χ3n) is 1.98. The molecule has 0 aromatic carbocycles. The maximum atomic E-state index is 5.50. The predicted octanol–water partition coefficient (Wildman–Crippen LogP) is 0.300.